The molecule has 0 aromatic rings. The van der Waals surface area contributed by atoms with E-state index in [9.17, 15) is 0 Å². The normalized spacial score (nSPS) is 18.8. The zero-order valence-electron chi connectivity index (χ0n) is 19.8. The molecule has 1 unspecified atom stereocenters. The van der Waals surface area contributed by atoms with E-state index in [4.69, 9.17) is 9.47 Å². The van der Waals surface area contributed by atoms with Crippen molar-refractivity contribution in [1.29, 1.82) is 0 Å². The largest absolute Gasteiger partial charge is 0.384 e. The van der Waals surface area contributed by atoms with E-state index in [2.05, 4.69) is 50.5 Å². The second-order valence-electron chi connectivity index (χ2n) is 10.3. The number of methoxy groups -OCH3 is 1. The van der Waals surface area contributed by atoms with Crippen LogP contribution in [0.5, 0.6) is 0 Å². The molecule has 0 amide bonds. The lowest BCUT2D eigenvalue weighted by Gasteiger charge is -2.44. The van der Waals surface area contributed by atoms with Crippen molar-refractivity contribution in [2.45, 2.75) is 110 Å². The van der Waals surface area contributed by atoms with Gasteiger partial charge in [-0.3, -0.25) is 0 Å². The van der Waals surface area contributed by atoms with Crippen LogP contribution in [-0.2, 0) is 9.47 Å². The third-order valence-electron chi connectivity index (χ3n) is 6.91. The molecule has 1 fully saturated rings. The maximum absolute atomic E-state index is 6.07. The van der Waals surface area contributed by atoms with Gasteiger partial charge in [0.25, 0.3) is 0 Å². The van der Waals surface area contributed by atoms with Gasteiger partial charge < -0.3 is 9.47 Å². The SMILES string of the molecule is CCOCC(CCC(Br)(CCC(C)C)CCC(C)C)(COC)C1CCCCC1. The van der Waals surface area contributed by atoms with E-state index < -0.39 is 0 Å². The van der Waals surface area contributed by atoms with Gasteiger partial charge in [-0.1, -0.05) is 62.9 Å². The fourth-order valence-corrected chi connectivity index (χ4v) is 5.53. The van der Waals surface area contributed by atoms with Gasteiger partial charge in [-0.15, -0.1) is 0 Å². The summed E-state index contributed by atoms with van der Waals surface area (Å²) in [4.78, 5) is 0. The van der Waals surface area contributed by atoms with Crippen LogP contribution in [0, 0.1) is 23.2 Å². The number of ether oxygens (including phenoxy) is 2. The van der Waals surface area contributed by atoms with E-state index in [1.165, 1.54) is 70.6 Å². The molecule has 0 aromatic carbocycles. The third kappa shape index (κ3) is 9.47. The minimum Gasteiger partial charge on any atom is -0.384 e. The topological polar surface area (TPSA) is 18.5 Å². The number of hydrogen-bond donors (Lipinski definition) is 0. The molecule has 1 aliphatic rings. The Kier molecular flexibility index (Phi) is 12.9. The highest BCUT2D eigenvalue weighted by Gasteiger charge is 2.41. The van der Waals surface area contributed by atoms with Crippen molar-refractivity contribution in [3.05, 3.63) is 0 Å². The molecule has 3 heteroatoms. The minimum absolute atomic E-state index is 0.180. The Balaban J connectivity index is 2.93. The lowest BCUT2D eigenvalue weighted by Crippen LogP contribution is -2.42. The molecular formula is C25H49BrO2. The second-order valence-corrected chi connectivity index (χ2v) is 12.0. The lowest BCUT2D eigenvalue weighted by molar-refractivity contribution is -0.0588. The highest BCUT2D eigenvalue weighted by Crippen LogP contribution is 2.46. The van der Waals surface area contributed by atoms with Crippen LogP contribution >= 0.6 is 15.9 Å². The summed E-state index contributed by atoms with van der Waals surface area (Å²) in [6, 6.07) is 0. The second kappa shape index (κ2) is 13.7. The van der Waals surface area contributed by atoms with E-state index in [1.54, 1.807) is 0 Å². The quantitative estimate of drug-likeness (QED) is 0.230. The maximum Gasteiger partial charge on any atom is 0.0547 e. The molecule has 0 aliphatic heterocycles. The van der Waals surface area contributed by atoms with E-state index in [1.807, 2.05) is 7.11 Å². The van der Waals surface area contributed by atoms with Gasteiger partial charge in [-0.25, -0.2) is 0 Å². The highest BCUT2D eigenvalue weighted by molar-refractivity contribution is 9.10. The van der Waals surface area contributed by atoms with Crippen molar-refractivity contribution in [2.75, 3.05) is 26.9 Å². The van der Waals surface area contributed by atoms with Gasteiger partial charge in [0, 0.05) is 23.5 Å². The van der Waals surface area contributed by atoms with Crippen LogP contribution in [0.4, 0.5) is 0 Å². The van der Waals surface area contributed by atoms with Gasteiger partial charge in [-0.05, 0) is 76.0 Å². The lowest BCUT2D eigenvalue weighted by atomic mass is 9.66. The average molecular weight is 462 g/mol. The van der Waals surface area contributed by atoms with Crippen molar-refractivity contribution < 1.29 is 9.47 Å². The Morgan fingerprint density at radius 3 is 1.89 bits per heavy atom. The number of halogens is 1. The first-order valence-electron chi connectivity index (χ1n) is 12.0. The highest BCUT2D eigenvalue weighted by atomic mass is 79.9. The average Bonchev–Trinajstić information content (AvgIpc) is 2.68. The summed E-state index contributed by atoms with van der Waals surface area (Å²) in [5.41, 5.74) is 0.180. The molecule has 0 heterocycles. The smallest absolute Gasteiger partial charge is 0.0547 e. The molecule has 0 saturated heterocycles. The number of rotatable bonds is 15. The molecule has 1 atom stereocenters. The molecule has 0 spiro atoms. The molecule has 1 aliphatic carbocycles. The first-order chi connectivity index (χ1) is 13.3. The van der Waals surface area contributed by atoms with E-state index in [0.29, 0.717) is 0 Å². The fourth-order valence-electron chi connectivity index (χ4n) is 4.88. The monoisotopic (exact) mass is 460 g/mol. The summed E-state index contributed by atoms with van der Waals surface area (Å²) >= 11 is 4.26. The van der Waals surface area contributed by atoms with E-state index in [-0.39, 0.29) is 9.74 Å². The van der Waals surface area contributed by atoms with Gasteiger partial charge >= 0.3 is 0 Å². The predicted octanol–water partition coefficient (Wildman–Crippen LogP) is 8.02. The molecule has 28 heavy (non-hydrogen) atoms. The van der Waals surface area contributed by atoms with Crippen LogP contribution < -0.4 is 0 Å². The van der Waals surface area contributed by atoms with Gasteiger partial charge in [0.1, 0.15) is 0 Å². The zero-order valence-corrected chi connectivity index (χ0v) is 21.4. The molecule has 0 N–H and O–H groups in total. The Morgan fingerprint density at radius 2 is 1.43 bits per heavy atom. The summed E-state index contributed by atoms with van der Waals surface area (Å²) < 4.78 is 12.2. The summed E-state index contributed by atoms with van der Waals surface area (Å²) in [5, 5.41) is 0. The van der Waals surface area contributed by atoms with Crippen LogP contribution in [0.15, 0.2) is 0 Å². The molecule has 168 valence electrons. The van der Waals surface area contributed by atoms with Gasteiger partial charge in [0.15, 0.2) is 0 Å². The molecule has 1 rings (SSSR count). The van der Waals surface area contributed by atoms with Crippen LogP contribution in [0.2, 0.25) is 0 Å². The van der Waals surface area contributed by atoms with Crippen molar-refractivity contribution in [3.63, 3.8) is 0 Å². The third-order valence-corrected chi connectivity index (χ3v) is 8.10. The molecule has 0 radical (unpaired) electrons. The summed E-state index contributed by atoms with van der Waals surface area (Å²) in [7, 11) is 1.88. The minimum atomic E-state index is 0.180. The van der Waals surface area contributed by atoms with Crippen LogP contribution in [0.25, 0.3) is 0 Å². The van der Waals surface area contributed by atoms with Crippen LogP contribution in [-0.4, -0.2) is 31.3 Å². The molecule has 0 aromatic heterocycles. The van der Waals surface area contributed by atoms with Crippen LogP contribution in [0.3, 0.4) is 0 Å². The molecule has 2 nitrogen and oxygen atoms in total. The van der Waals surface area contributed by atoms with Crippen molar-refractivity contribution >= 4 is 15.9 Å². The van der Waals surface area contributed by atoms with E-state index >= 15 is 0 Å². The standard InChI is InChI=1S/C25H49BrO2/c1-7-28-20-24(19-27-6,23-11-9-8-10-12-23)17-18-25(26,15-13-21(2)3)16-14-22(4)5/h21-23H,7-20H2,1-6H3. The Labute approximate surface area is 185 Å². The van der Waals surface area contributed by atoms with Crippen molar-refractivity contribution in [2.24, 2.45) is 23.2 Å². The van der Waals surface area contributed by atoms with Crippen molar-refractivity contribution in [3.8, 4) is 0 Å². The fraction of sp³-hybridized carbons (Fsp3) is 1.00. The number of alkyl halides is 1. The first-order valence-corrected chi connectivity index (χ1v) is 12.8. The molecule has 1 saturated carbocycles. The summed E-state index contributed by atoms with van der Waals surface area (Å²) in [6.45, 7) is 14.0. The Bertz CT molecular complexity index is 378. The zero-order chi connectivity index (χ0) is 21.0. The predicted molar refractivity (Wildman–Crippen MR) is 126 cm³/mol. The first kappa shape index (κ1) is 26.4. The Hall–Kier alpha value is 0.400. The summed E-state index contributed by atoms with van der Waals surface area (Å²) in [5.74, 6) is 2.28. The van der Waals surface area contributed by atoms with Gasteiger partial charge in [0.2, 0.25) is 0 Å². The molecule has 0 bridgehead atoms. The maximum atomic E-state index is 6.07. The van der Waals surface area contributed by atoms with Gasteiger partial charge in [-0.2, -0.15) is 0 Å². The Morgan fingerprint density at radius 1 is 0.857 bits per heavy atom. The number of hydrogen-bond acceptors (Lipinski definition) is 2. The van der Waals surface area contributed by atoms with Crippen molar-refractivity contribution in [1.82, 2.24) is 0 Å². The molecular weight excluding hydrogens is 412 g/mol. The van der Waals surface area contributed by atoms with Crippen LogP contribution in [0.1, 0.15) is 105 Å². The summed E-state index contributed by atoms with van der Waals surface area (Å²) in [6.07, 6.45) is 14.5. The van der Waals surface area contributed by atoms with Gasteiger partial charge in [0.05, 0.1) is 13.2 Å². The van der Waals surface area contributed by atoms with E-state index in [0.717, 1.165) is 37.6 Å².